The Morgan fingerprint density at radius 3 is 3.00 bits per heavy atom. The van der Waals surface area contributed by atoms with E-state index in [9.17, 15) is 8.42 Å². The third kappa shape index (κ3) is 2.53. The number of anilines is 1. The van der Waals surface area contributed by atoms with E-state index in [1.165, 1.54) is 0 Å². The van der Waals surface area contributed by atoms with E-state index in [2.05, 4.69) is 9.97 Å². The predicted octanol–water partition coefficient (Wildman–Crippen LogP) is 0.962. The molecule has 20 heavy (non-hydrogen) atoms. The van der Waals surface area contributed by atoms with E-state index in [0.29, 0.717) is 18.8 Å². The molecule has 1 saturated heterocycles. The lowest BCUT2D eigenvalue weighted by Gasteiger charge is -2.13. The number of nitrogens with zero attached hydrogens (tertiary/aromatic N) is 3. The van der Waals surface area contributed by atoms with E-state index in [1.54, 1.807) is 18.7 Å². The molecule has 1 unspecified atom stereocenters. The lowest BCUT2D eigenvalue weighted by atomic mass is 10.1. The highest BCUT2D eigenvalue weighted by Gasteiger charge is 2.28. The van der Waals surface area contributed by atoms with Crippen LogP contribution in [0, 0.1) is 5.92 Å². The van der Waals surface area contributed by atoms with Gasteiger partial charge in [0.15, 0.2) is 9.84 Å². The molecule has 0 amide bonds. The Kier molecular flexibility index (Phi) is 3.21. The highest BCUT2D eigenvalue weighted by molar-refractivity contribution is 7.91. The van der Waals surface area contributed by atoms with Crippen LogP contribution in [-0.4, -0.2) is 34.5 Å². The van der Waals surface area contributed by atoms with Crippen molar-refractivity contribution in [2.75, 3.05) is 17.2 Å². The van der Waals surface area contributed by atoms with Gasteiger partial charge in [-0.3, -0.25) is 0 Å². The first-order chi connectivity index (χ1) is 9.55. The molecule has 7 heteroatoms. The molecule has 106 valence electrons. The van der Waals surface area contributed by atoms with Gasteiger partial charge >= 0.3 is 0 Å². The first kappa shape index (κ1) is 13.1. The van der Waals surface area contributed by atoms with Crippen LogP contribution in [0.25, 0.3) is 11.3 Å². The van der Waals surface area contributed by atoms with E-state index in [1.807, 2.05) is 16.7 Å². The van der Waals surface area contributed by atoms with Crippen molar-refractivity contribution in [2.45, 2.75) is 13.0 Å². The fourth-order valence-corrected chi connectivity index (χ4v) is 4.47. The zero-order valence-corrected chi connectivity index (χ0v) is 11.8. The summed E-state index contributed by atoms with van der Waals surface area (Å²) in [7, 11) is -2.86. The smallest absolute Gasteiger partial charge is 0.150 e. The maximum Gasteiger partial charge on any atom is 0.150 e. The van der Waals surface area contributed by atoms with Crippen LogP contribution >= 0.6 is 0 Å². The number of pyridine rings is 1. The third-order valence-corrected chi connectivity index (χ3v) is 5.45. The minimum absolute atomic E-state index is 0.144. The Labute approximate surface area is 117 Å². The van der Waals surface area contributed by atoms with Gasteiger partial charge < -0.3 is 10.3 Å². The van der Waals surface area contributed by atoms with Crippen molar-refractivity contribution in [3.8, 4) is 11.3 Å². The summed E-state index contributed by atoms with van der Waals surface area (Å²) >= 11 is 0. The highest BCUT2D eigenvalue weighted by atomic mass is 32.2. The summed E-state index contributed by atoms with van der Waals surface area (Å²) in [6.07, 6.45) is 5.80. The van der Waals surface area contributed by atoms with Crippen LogP contribution in [0.15, 0.2) is 30.9 Å². The number of rotatable bonds is 3. The zero-order chi connectivity index (χ0) is 14.2. The number of nitrogens with two attached hydrogens (primary N) is 1. The first-order valence-electron chi connectivity index (χ1n) is 6.46. The fourth-order valence-electron chi connectivity index (χ4n) is 2.62. The number of hydrogen-bond donors (Lipinski definition) is 1. The molecular weight excluding hydrogens is 276 g/mol. The second kappa shape index (κ2) is 4.90. The van der Waals surface area contributed by atoms with E-state index >= 15 is 0 Å². The molecule has 2 aromatic rings. The summed E-state index contributed by atoms with van der Waals surface area (Å²) in [6, 6.07) is 3.71. The van der Waals surface area contributed by atoms with Crippen LogP contribution in [0.3, 0.4) is 0 Å². The van der Waals surface area contributed by atoms with Crippen LogP contribution in [0.2, 0.25) is 0 Å². The number of sulfone groups is 1. The van der Waals surface area contributed by atoms with Gasteiger partial charge in [-0.1, -0.05) is 0 Å². The monoisotopic (exact) mass is 292 g/mol. The summed E-state index contributed by atoms with van der Waals surface area (Å²) in [4.78, 5) is 8.22. The average Bonchev–Trinajstić information content (AvgIpc) is 2.97. The van der Waals surface area contributed by atoms with E-state index in [0.717, 1.165) is 11.3 Å². The highest BCUT2D eigenvalue weighted by Crippen LogP contribution is 2.26. The maximum atomic E-state index is 11.5. The van der Waals surface area contributed by atoms with Crippen LogP contribution in [0.5, 0.6) is 0 Å². The molecule has 0 aromatic carbocycles. The molecule has 2 N–H and O–H groups in total. The van der Waals surface area contributed by atoms with Gasteiger partial charge in [0.1, 0.15) is 5.82 Å². The van der Waals surface area contributed by atoms with Crippen molar-refractivity contribution < 1.29 is 8.42 Å². The first-order valence-corrected chi connectivity index (χ1v) is 8.29. The van der Waals surface area contributed by atoms with Crippen molar-refractivity contribution in [2.24, 2.45) is 5.92 Å². The second-order valence-electron chi connectivity index (χ2n) is 5.14. The molecule has 1 aliphatic heterocycles. The Morgan fingerprint density at radius 2 is 2.30 bits per heavy atom. The van der Waals surface area contributed by atoms with Crippen LogP contribution < -0.4 is 5.73 Å². The lowest BCUT2D eigenvalue weighted by molar-refractivity contribution is 0.493. The molecule has 1 fully saturated rings. The molecule has 1 atom stereocenters. The van der Waals surface area contributed by atoms with E-state index in [-0.39, 0.29) is 17.4 Å². The Hall–Kier alpha value is -1.89. The quantitative estimate of drug-likeness (QED) is 0.910. The molecule has 1 aliphatic rings. The van der Waals surface area contributed by atoms with Gasteiger partial charge in [0.25, 0.3) is 0 Å². The van der Waals surface area contributed by atoms with Crippen molar-refractivity contribution in [1.82, 2.24) is 14.5 Å². The largest absolute Gasteiger partial charge is 0.383 e. The molecule has 0 saturated carbocycles. The van der Waals surface area contributed by atoms with Gasteiger partial charge in [-0.25, -0.2) is 18.4 Å². The number of aromatic nitrogens is 3. The predicted molar refractivity (Wildman–Crippen MR) is 76.6 cm³/mol. The Bertz CT molecular complexity index is 723. The molecule has 0 spiro atoms. The van der Waals surface area contributed by atoms with Gasteiger partial charge in [-0.05, 0) is 24.5 Å². The van der Waals surface area contributed by atoms with Gasteiger partial charge in [0.05, 0.1) is 29.7 Å². The topological polar surface area (TPSA) is 90.9 Å². The molecule has 0 radical (unpaired) electrons. The third-order valence-electron chi connectivity index (χ3n) is 3.61. The van der Waals surface area contributed by atoms with Gasteiger partial charge in [-0.15, -0.1) is 0 Å². The minimum atomic E-state index is -2.86. The van der Waals surface area contributed by atoms with Crippen LogP contribution in [0.4, 0.5) is 5.82 Å². The summed E-state index contributed by atoms with van der Waals surface area (Å²) < 4.78 is 25.0. The SMILES string of the molecule is Nc1ncccc1-c1cncn1CC1CCS(=O)(=O)C1. The minimum Gasteiger partial charge on any atom is -0.383 e. The summed E-state index contributed by atoms with van der Waals surface area (Å²) in [5.41, 5.74) is 7.58. The second-order valence-corrected chi connectivity index (χ2v) is 7.37. The average molecular weight is 292 g/mol. The summed E-state index contributed by atoms with van der Waals surface area (Å²) in [5, 5.41) is 0. The number of nitrogen functional groups attached to an aromatic ring is 1. The van der Waals surface area contributed by atoms with Crippen molar-refractivity contribution in [1.29, 1.82) is 0 Å². The number of imidazole rings is 1. The molecular formula is C13H16N4O2S. The summed E-state index contributed by atoms with van der Waals surface area (Å²) in [5.74, 6) is 1.14. The van der Waals surface area contributed by atoms with E-state index in [4.69, 9.17) is 5.73 Å². The van der Waals surface area contributed by atoms with Gasteiger partial charge in [-0.2, -0.15) is 0 Å². The van der Waals surface area contributed by atoms with Gasteiger partial charge in [0, 0.05) is 18.3 Å². The van der Waals surface area contributed by atoms with Crippen LogP contribution in [-0.2, 0) is 16.4 Å². The van der Waals surface area contributed by atoms with Gasteiger partial charge in [0.2, 0.25) is 0 Å². The molecule has 6 nitrogen and oxygen atoms in total. The zero-order valence-electron chi connectivity index (χ0n) is 10.9. The van der Waals surface area contributed by atoms with Crippen molar-refractivity contribution in [3.63, 3.8) is 0 Å². The van der Waals surface area contributed by atoms with Crippen molar-refractivity contribution in [3.05, 3.63) is 30.9 Å². The molecule has 0 bridgehead atoms. The normalized spacial score (nSPS) is 21.1. The molecule has 0 aliphatic carbocycles. The Balaban J connectivity index is 1.87. The fraction of sp³-hybridized carbons (Fsp3) is 0.385. The Morgan fingerprint density at radius 1 is 1.45 bits per heavy atom. The van der Waals surface area contributed by atoms with Crippen molar-refractivity contribution >= 4 is 15.7 Å². The van der Waals surface area contributed by atoms with E-state index < -0.39 is 9.84 Å². The molecule has 2 aromatic heterocycles. The molecule has 3 heterocycles. The standard InChI is InChI=1S/C13H16N4O2S/c14-13-11(2-1-4-16-13)12-6-15-9-17(12)7-10-3-5-20(18,19)8-10/h1-2,4,6,9-10H,3,5,7-8H2,(H2,14,16). The maximum absolute atomic E-state index is 11.5. The van der Waals surface area contributed by atoms with Crippen LogP contribution in [0.1, 0.15) is 6.42 Å². The summed E-state index contributed by atoms with van der Waals surface area (Å²) in [6.45, 7) is 0.642. The number of hydrogen-bond acceptors (Lipinski definition) is 5. The molecule has 3 rings (SSSR count). The lowest BCUT2D eigenvalue weighted by Crippen LogP contribution is -2.13.